The molecule has 0 amide bonds. The van der Waals surface area contributed by atoms with E-state index >= 15 is 0 Å². The van der Waals surface area contributed by atoms with Crippen molar-refractivity contribution in [2.45, 2.75) is 0 Å². The lowest BCUT2D eigenvalue weighted by Crippen LogP contribution is -1.97. The third kappa shape index (κ3) is 4.83. The molecule has 10 aromatic rings. The van der Waals surface area contributed by atoms with Crippen molar-refractivity contribution >= 4 is 43.6 Å². The normalized spacial score (nSPS) is 11.3. The van der Waals surface area contributed by atoms with Gasteiger partial charge in [-0.2, -0.15) is 10.5 Å². The predicted molar refractivity (Wildman–Crippen MR) is 221 cm³/mol. The average Bonchev–Trinajstić information content (AvgIpc) is 3.77. The Balaban J connectivity index is 1.30. The summed E-state index contributed by atoms with van der Waals surface area (Å²) in [7, 11) is 0. The van der Waals surface area contributed by atoms with Crippen molar-refractivity contribution in [2.24, 2.45) is 0 Å². The Bertz CT molecular complexity index is 3080. The second kappa shape index (κ2) is 12.5. The fourth-order valence-electron chi connectivity index (χ4n) is 8.24. The molecule has 4 heteroatoms. The van der Waals surface area contributed by atoms with Crippen LogP contribution in [0, 0.1) is 22.7 Å². The fraction of sp³-hybridized carbons (Fsp3) is 0. The number of benzene rings is 8. The highest BCUT2D eigenvalue weighted by molar-refractivity contribution is 6.26. The molecule has 54 heavy (non-hydrogen) atoms. The van der Waals surface area contributed by atoms with Crippen LogP contribution in [0.2, 0.25) is 0 Å². The predicted octanol–water partition coefficient (Wildman–Crippen LogP) is 12.6. The minimum atomic E-state index is 0.478. The first-order chi connectivity index (χ1) is 26.7. The maximum absolute atomic E-state index is 10.0. The Kier molecular flexibility index (Phi) is 7.22. The molecule has 0 N–H and O–H groups in total. The zero-order valence-electron chi connectivity index (χ0n) is 29.1. The number of fused-ring (bicyclic) bond motifs is 7. The highest BCUT2D eigenvalue weighted by Crippen LogP contribution is 2.43. The first-order valence-corrected chi connectivity index (χ1v) is 18.0. The Morgan fingerprint density at radius 3 is 1.54 bits per heavy atom. The summed E-state index contributed by atoms with van der Waals surface area (Å²) in [5, 5.41) is 24.7. The van der Waals surface area contributed by atoms with Gasteiger partial charge in [0.2, 0.25) is 0 Å². The monoisotopic (exact) mass is 686 g/mol. The van der Waals surface area contributed by atoms with Crippen LogP contribution in [0.25, 0.3) is 88.4 Å². The Morgan fingerprint density at radius 2 is 0.889 bits per heavy atom. The van der Waals surface area contributed by atoms with Crippen LogP contribution in [0.15, 0.2) is 182 Å². The Labute approximate surface area is 312 Å². The van der Waals surface area contributed by atoms with Gasteiger partial charge in [-0.1, -0.05) is 121 Å². The van der Waals surface area contributed by atoms with Crippen molar-refractivity contribution in [1.82, 2.24) is 9.13 Å². The van der Waals surface area contributed by atoms with Crippen molar-refractivity contribution in [1.29, 1.82) is 10.5 Å². The van der Waals surface area contributed by atoms with Gasteiger partial charge >= 0.3 is 0 Å². The van der Waals surface area contributed by atoms with Crippen molar-refractivity contribution < 1.29 is 0 Å². The first-order valence-electron chi connectivity index (χ1n) is 18.0. The van der Waals surface area contributed by atoms with E-state index in [0.717, 1.165) is 82.8 Å². The highest BCUT2D eigenvalue weighted by Gasteiger charge is 2.22. The van der Waals surface area contributed by atoms with Crippen LogP contribution in [0.3, 0.4) is 0 Å². The lowest BCUT2D eigenvalue weighted by atomic mass is 9.95. The van der Waals surface area contributed by atoms with E-state index in [1.807, 2.05) is 12.1 Å². The average molecular weight is 687 g/mol. The van der Waals surface area contributed by atoms with Gasteiger partial charge in [-0.05, 0) is 88.5 Å². The first kappa shape index (κ1) is 31.1. The summed E-state index contributed by atoms with van der Waals surface area (Å²) in [5.41, 5.74) is 13.5. The van der Waals surface area contributed by atoms with Crippen molar-refractivity contribution in [3.63, 3.8) is 0 Å². The summed E-state index contributed by atoms with van der Waals surface area (Å²) < 4.78 is 4.76. The summed E-state index contributed by atoms with van der Waals surface area (Å²) in [5.74, 6) is 0. The number of nitrogens with zero attached hydrogens (tertiary/aromatic N) is 4. The second-order valence-electron chi connectivity index (χ2n) is 13.6. The fourth-order valence-corrected chi connectivity index (χ4v) is 8.24. The molecule has 0 bridgehead atoms. The van der Waals surface area contributed by atoms with Crippen molar-refractivity contribution in [3.05, 3.63) is 193 Å². The molecule has 2 aromatic heterocycles. The molecule has 8 aromatic carbocycles. The van der Waals surface area contributed by atoms with E-state index in [9.17, 15) is 10.5 Å². The van der Waals surface area contributed by atoms with Crippen molar-refractivity contribution in [2.75, 3.05) is 0 Å². The summed E-state index contributed by atoms with van der Waals surface area (Å²) in [6, 6.07) is 68.0. The van der Waals surface area contributed by atoms with E-state index < -0.39 is 0 Å². The van der Waals surface area contributed by atoms with Gasteiger partial charge in [-0.25, -0.2) is 0 Å². The van der Waals surface area contributed by atoms with Gasteiger partial charge in [0.05, 0.1) is 45.3 Å². The second-order valence-corrected chi connectivity index (χ2v) is 13.6. The largest absolute Gasteiger partial charge is 0.309 e. The van der Waals surface area contributed by atoms with Crippen LogP contribution in [0.1, 0.15) is 11.1 Å². The molecule has 0 fully saturated rings. The van der Waals surface area contributed by atoms with E-state index in [4.69, 9.17) is 0 Å². The van der Waals surface area contributed by atoms with Crippen LogP contribution in [0.5, 0.6) is 0 Å². The minimum Gasteiger partial charge on any atom is -0.309 e. The molecule has 0 aliphatic rings. The van der Waals surface area contributed by atoms with Gasteiger partial charge in [-0.3, -0.25) is 0 Å². The zero-order chi connectivity index (χ0) is 36.2. The molecule has 0 aliphatic heterocycles. The van der Waals surface area contributed by atoms with Crippen LogP contribution in [0.4, 0.5) is 0 Å². The van der Waals surface area contributed by atoms with Gasteiger partial charge in [0.15, 0.2) is 0 Å². The quantitative estimate of drug-likeness (QED) is 0.181. The number of rotatable bonds is 5. The summed E-state index contributed by atoms with van der Waals surface area (Å²) in [4.78, 5) is 0. The summed E-state index contributed by atoms with van der Waals surface area (Å²) in [6.45, 7) is 0. The molecule has 0 unspecified atom stereocenters. The summed E-state index contributed by atoms with van der Waals surface area (Å²) >= 11 is 0. The van der Waals surface area contributed by atoms with E-state index in [0.29, 0.717) is 16.7 Å². The van der Waals surface area contributed by atoms with Crippen LogP contribution in [-0.4, -0.2) is 9.13 Å². The van der Waals surface area contributed by atoms with E-state index in [2.05, 4.69) is 173 Å². The maximum Gasteiger partial charge on any atom is 0.0998 e. The molecule has 0 radical (unpaired) electrons. The van der Waals surface area contributed by atoms with E-state index in [1.165, 1.54) is 0 Å². The third-order valence-corrected chi connectivity index (χ3v) is 10.6. The van der Waals surface area contributed by atoms with Gasteiger partial charge in [0.1, 0.15) is 0 Å². The van der Waals surface area contributed by atoms with Crippen molar-refractivity contribution in [3.8, 4) is 56.9 Å². The Hall–Kier alpha value is -7.66. The number of nitriles is 2. The lowest BCUT2D eigenvalue weighted by Gasteiger charge is -2.14. The van der Waals surface area contributed by atoms with Gasteiger partial charge < -0.3 is 9.13 Å². The molecule has 250 valence electrons. The number of hydrogen-bond acceptors (Lipinski definition) is 2. The molecule has 0 saturated carbocycles. The van der Waals surface area contributed by atoms with Crippen LogP contribution >= 0.6 is 0 Å². The molecule has 0 saturated heterocycles. The Morgan fingerprint density at radius 1 is 0.352 bits per heavy atom. The number of hydrogen-bond donors (Lipinski definition) is 0. The molecule has 0 aliphatic carbocycles. The molecule has 0 spiro atoms. The number of aromatic nitrogens is 2. The topological polar surface area (TPSA) is 57.4 Å². The number of para-hydroxylation sites is 2. The standard InChI is InChI=1S/C50H30N4/c51-31-36-18-11-19-37(32-52)48(36)35-17-12-20-40(28-35)54-45-23-9-7-21-42(45)43-25-26-47-49(50(43)54)44-22-8-10-24-46(44)53(47)41-29-38(33-13-3-1-4-14-33)27-39(30-41)34-15-5-2-6-16-34/h1-30H. The van der Waals surface area contributed by atoms with Gasteiger partial charge in [0.25, 0.3) is 0 Å². The van der Waals surface area contributed by atoms with E-state index in [-0.39, 0.29) is 0 Å². The highest BCUT2D eigenvalue weighted by atomic mass is 15.0. The molecular weight excluding hydrogens is 657 g/mol. The smallest absolute Gasteiger partial charge is 0.0998 e. The van der Waals surface area contributed by atoms with E-state index in [1.54, 1.807) is 18.2 Å². The zero-order valence-corrected chi connectivity index (χ0v) is 29.1. The molecular formula is C50H30N4. The summed E-state index contributed by atoms with van der Waals surface area (Å²) in [6.07, 6.45) is 0. The van der Waals surface area contributed by atoms with Crippen LogP contribution in [-0.2, 0) is 0 Å². The van der Waals surface area contributed by atoms with Gasteiger partial charge in [0, 0.05) is 38.5 Å². The molecule has 0 atom stereocenters. The van der Waals surface area contributed by atoms with Crippen LogP contribution < -0.4 is 0 Å². The molecule has 4 nitrogen and oxygen atoms in total. The lowest BCUT2D eigenvalue weighted by molar-refractivity contribution is 1.17. The third-order valence-electron chi connectivity index (χ3n) is 10.6. The molecule has 10 rings (SSSR count). The maximum atomic E-state index is 10.0. The SMILES string of the molecule is N#Cc1cccc(C#N)c1-c1cccc(-n2c3ccccc3c3ccc4c(c5ccccc5n4-c4cc(-c5ccccc5)cc(-c5ccccc5)c4)c32)c1. The minimum absolute atomic E-state index is 0.478. The molecule has 2 heterocycles. The van der Waals surface area contributed by atoms with Gasteiger partial charge in [-0.15, -0.1) is 0 Å².